The van der Waals surface area contributed by atoms with Crippen molar-refractivity contribution in [2.24, 2.45) is 11.8 Å². The number of anilines is 1. The Hall–Kier alpha value is -1.03. The third-order valence-corrected chi connectivity index (χ3v) is 4.42. The Kier molecular flexibility index (Phi) is 4.86. The van der Waals surface area contributed by atoms with Gasteiger partial charge in [0, 0.05) is 16.7 Å². The lowest BCUT2D eigenvalue weighted by atomic mass is 9.83. The summed E-state index contributed by atoms with van der Waals surface area (Å²) in [7, 11) is 0. The Labute approximate surface area is 122 Å². The first-order chi connectivity index (χ1) is 9.06. The van der Waals surface area contributed by atoms with Gasteiger partial charge in [0.2, 0.25) is 0 Å². The minimum Gasteiger partial charge on any atom is -0.478 e. The summed E-state index contributed by atoms with van der Waals surface area (Å²) in [6, 6.07) is 5.24. The van der Waals surface area contributed by atoms with Gasteiger partial charge in [0.1, 0.15) is 0 Å². The maximum Gasteiger partial charge on any atom is 0.337 e. The highest BCUT2D eigenvalue weighted by molar-refractivity contribution is 9.10. The fraction of sp³-hybridized carbons (Fsp3) is 0.533. The van der Waals surface area contributed by atoms with Crippen molar-refractivity contribution in [1.29, 1.82) is 0 Å². The SMILES string of the molecule is CC1CCC(CNc2cc(Br)ccc2C(=O)O)CC1. The van der Waals surface area contributed by atoms with E-state index >= 15 is 0 Å². The third kappa shape index (κ3) is 3.96. The third-order valence-electron chi connectivity index (χ3n) is 3.93. The van der Waals surface area contributed by atoms with Crippen LogP contribution in [-0.2, 0) is 0 Å². The summed E-state index contributed by atoms with van der Waals surface area (Å²) in [5, 5.41) is 12.5. The molecule has 0 spiro atoms. The van der Waals surface area contributed by atoms with Gasteiger partial charge in [-0.1, -0.05) is 35.7 Å². The summed E-state index contributed by atoms with van der Waals surface area (Å²) in [5.74, 6) is 0.626. The van der Waals surface area contributed by atoms with Gasteiger partial charge in [-0.15, -0.1) is 0 Å². The molecule has 1 aromatic rings. The maximum atomic E-state index is 11.2. The molecule has 1 aromatic carbocycles. The van der Waals surface area contributed by atoms with E-state index in [-0.39, 0.29) is 0 Å². The van der Waals surface area contributed by atoms with Crippen LogP contribution in [0.5, 0.6) is 0 Å². The molecule has 1 aliphatic rings. The van der Waals surface area contributed by atoms with Gasteiger partial charge in [-0.25, -0.2) is 4.79 Å². The molecule has 2 rings (SSSR count). The topological polar surface area (TPSA) is 49.3 Å². The van der Waals surface area contributed by atoms with Gasteiger partial charge in [-0.05, 0) is 42.9 Å². The first-order valence-electron chi connectivity index (χ1n) is 6.83. The van der Waals surface area contributed by atoms with E-state index in [0.29, 0.717) is 17.2 Å². The fourth-order valence-electron chi connectivity index (χ4n) is 2.64. The van der Waals surface area contributed by atoms with Gasteiger partial charge in [0.15, 0.2) is 0 Å². The van der Waals surface area contributed by atoms with Crippen molar-refractivity contribution >= 4 is 27.6 Å². The molecule has 0 bridgehead atoms. The molecule has 0 aromatic heterocycles. The van der Waals surface area contributed by atoms with E-state index in [4.69, 9.17) is 0 Å². The van der Waals surface area contributed by atoms with E-state index in [0.717, 1.165) is 16.9 Å². The second-order valence-electron chi connectivity index (χ2n) is 5.50. The van der Waals surface area contributed by atoms with Gasteiger partial charge in [0.05, 0.1) is 5.56 Å². The second-order valence-corrected chi connectivity index (χ2v) is 6.42. The number of halogens is 1. The number of benzene rings is 1. The average molecular weight is 326 g/mol. The summed E-state index contributed by atoms with van der Waals surface area (Å²) in [5.41, 5.74) is 1.05. The van der Waals surface area contributed by atoms with Crippen LogP contribution in [0.1, 0.15) is 43.0 Å². The quantitative estimate of drug-likeness (QED) is 0.863. The highest BCUT2D eigenvalue weighted by Gasteiger charge is 2.18. The van der Waals surface area contributed by atoms with Crippen molar-refractivity contribution in [3.63, 3.8) is 0 Å². The van der Waals surface area contributed by atoms with E-state index in [9.17, 15) is 9.90 Å². The Morgan fingerprint density at radius 2 is 2.05 bits per heavy atom. The molecule has 19 heavy (non-hydrogen) atoms. The highest BCUT2D eigenvalue weighted by Crippen LogP contribution is 2.29. The molecule has 0 radical (unpaired) electrons. The van der Waals surface area contributed by atoms with Crippen LogP contribution in [0, 0.1) is 11.8 Å². The number of carboxylic acid groups (broad SMARTS) is 1. The lowest BCUT2D eigenvalue weighted by Gasteiger charge is -2.26. The molecule has 1 aliphatic carbocycles. The van der Waals surface area contributed by atoms with E-state index < -0.39 is 5.97 Å². The van der Waals surface area contributed by atoms with Crippen molar-refractivity contribution in [3.05, 3.63) is 28.2 Å². The second kappa shape index (κ2) is 6.42. The Balaban J connectivity index is 1.98. The fourth-order valence-corrected chi connectivity index (χ4v) is 3.00. The minimum absolute atomic E-state index is 0.340. The summed E-state index contributed by atoms with van der Waals surface area (Å²) < 4.78 is 0.900. The van der Waals surface area contributed by atoms with Gasteiger partial charge in [0.25, 0.3) is 0 Å². The largest absolute Gasteiger partial charge is 0.478 e. The standard InChI is InChI=1S/C15H20BrNO2/c1-10-2-4-11(5-3-10)9-17-14-8-12(16)6-7-13(14)15(18)19/h6-8,10-11,17H,2-5,9H2,1H3,(H,18,19). The summed E-state index contributed by atoms with van der Waals surface area (Å²) in [4.78, 5) is 11.2. The molecule has 0 unspecified atom stereocenters. The molecule has 1 fully saturated rings. The average Bonchev–Trinajstić information content (AvgIpc) is 2.38. The van der Waals surface area contributed by atoms with E-state index in [2.05, 4.69) is 28.2 Å². The van der Waals surface area contributed by atoms with Crippen LogP contribution in [0.4, 0.5) is 5.69 Å². The number of aromatic carboxylic acids is 1. The number of hydrogen-bond donors (Lipinski definition) is 2. The van der Waals surface area contributed by atoms with Crippen LogP contribution < -0.4 is 5.32 Å². The molecule has 0 heterocycles. The molecule has 0 aliphatic heterocycles. The first-order valence-corrected chi connectivity index (χ1v) is 7.62. The molecule has 104 valence electrons. The van der Waals surface area contributed by atoms with Crippen molar-refractivity contribution in [3.8, 4) is 0 Å². The van der Waals surface area contributed by atoms with Crippen LogP contribution in [0.3, 0.4) is 0 Å². The number of carboxylic acids is 1. The predicted molar refractivity (Wildman–Crippen MR) is 80.7 cm³/mol. The van der Waals surface area contributed by atoms with Crippen molar-refractivity contribution < 1.29 is 9.90 Å². The maximum absolute atomic E-state index is 11.2. The highest BCUT2D eigenvalue weighted by atomic mass is 79.9. The monoisotopic (exact) mass is 325 g/mol. The smallest absolute Gasteiger partial charge is 0.337 e. The summed E-state index contributed by atoms with van der Waals surface area (Å²) in [6.45, 7) is 3.17. The molecular formula is C15H20BrNO2. The van der Waals surface area contributed by atoms with Crippen molar-refractivity contribution in [2.45, 2.75) is 32.6 Å². The van der Waals surface area contributed by atoms with Gasteiger partial charge < -0.3 is 10.4 Å². The van der Waals surface area contributed by atoms with E-state index in [1.807, 2.05) is 6.07 Å². The number of hydrogen-bond acceptors (Lipinski definition) is 2. The number of carbonyl (C=O) groups is 1. The molecule has 4 heteroatoms. The van der Waals surface area contributed by atoms with Crippen LogP contribution >= 0.6 is 15.9 Å². The summed E-state index contributed by atoms with van der Waals surface area (Å²) >= 11 is 3.39. The van der Waals surface area contributed by atoms with E-state index in [1.54, 1.807) is 12.1 Å². The number of nitrogens with one attached hydrogen (secondary N) is 1. The normalized spacial score (nSPS) is 23.1. The van der Waals surface area contributed by atoms with Crippen LogP contribution in [0.15, 0.2) is 22.7 Å². The molecule has 0 atom stereocenters. The minimum atomic E-state index is -0.882. The molecular weight excluding hydrogens is 306 g/mol. The Bertz CT molecular complexity index is 453. The zero-order valence-corrected chi connectivity index (χ0v) is 12.7. The van der Waals surface area contributed by atoms with Gasteiger partial charge >= 0.3 is 5.97 Å². The lowest BCUT2D eigenvalue weighted by molar-refractivity contribution is 0.0698. The first kappa shape index (κ1) is 14.4. The predicted octanol–water partition coefficient (Wildman–Crippen LogP) is 4.39. The van der Waals surface area contributed by atoms with Gasteiger partial charge in [-0.2, -0.15) is 0 Å². The Morgan fingerprint density at radius 1 is 1.37 bits per heavy atom. The van der Waals surface area contributed by atoms with Crippen LogP contribution in [0.2, 0.25) is 0 Å². The molecule has 3 nitrogen and oxygen atoms in total. The summed E-state index contributed by atoms with van der Waals surface area (Å²) in [6.07, 6.45) is 5.06. The van der Waals surface area contributed by atoms with Gasteiger partial charge in [-0.3, -0.25) is 0 Å². The van der Waals surface area contributed by atoms with Crippen LogP contribution in [-0.4, -0.2) is 17.6 Å². The van der Waals surface area contributed by atoms with Crippen molar-refractivity contribution in [1.82, 2.24) is 0 Å². The lowest BCUT2D eigenvalue weighted by Crippen LogP contribution is -2.21. The number of rotatable bonds is 4. The molecule has 1 saturated carbocycles. The zero-order chi connectivity index (χ0) is 13.8. The van der Waals surface area contributed by atoms with Crippen molar-refractivity contribution in [2.75, 3.05) is 11.9 Å². The molecule has 0 amide bonds. The van der Waals surface area contributed by atoms with Crippen LogP contribution in [0.25, 0.3) is 0 Å². The molecule has 0 saturated heterocycles. The molecule has 2 N–H and O–H groups in total. The van der Waals surface area contributed by atoms with E-state index in [1.165, 1.54) is 25.7 Å². The zero-order valence-electron chi connectivity index (χ0n) is 11.2. The Morgan fingerprint density at radius 3 is 2.68 bits per heavy atom.